The molecule has 0 unspecified atom stereocenters. The summed E-state index contributed by atoms with van der Waals surface area (Å²) in [4.78, 5) is 23.2. The maximum Gasteiger partial charge on any atom is 0.305 e. The molecule has 1 aliphatic rings. The van der Waals surface area contributed by atoms with Gasteiger partial charge < -0.3 is 10.4 Å². The van der Waals surface area contributed by atoms with Crippen molar-refractivity contribution < 1.29 is 14.7 Å². The second-order valence-electron chi connectivity index (χ2n) is 5.20. The number of hydrogen-bond acceptors (Lipinski definition) is 3. The first-order valence-electron chi connectivity index (χ1n) is 6.59. The fraction of sp³-hybridized carbons (Fsp3) is 0.400. The highest BCUT2D eigenvalue weighted by Gasteiger charge is 2.37. The minimum Gasteiger partial charge on any atom is -0.481 e. The summed E-state index contributed by atoms with van der Waals surface area (Å²) in [6, 6.07) is 8.39. The highest BCUT2D eigenvalue weighted by atomic mass is 16.4. The van der Waals surface area contributed by atoms with Crippen LogP contribution in [0.2, 0.25) is 0 Å². The van der Waals surface area contributed by atoms with E-state index in [-0.39, 0.29) is 12.3 Å². The number of nitrogens with one attached hydrogen (secondary N) is 1. The largest absolute Gasteiger partial charge is 0.481 e. The molecule has 0 spiro atoms. The normalized spacial score (nSPS) is 16.4. The summed E-state index contributed by atoms with van der Waals surface area (Å²) in [6.07, 6.45) is 3.15. The molecular weight excluding hydrogens is 256 g/mol. The Kier molecular flexibility index (Phi) is 4.04. The van der Waals surface area contributed by atoms with Crippen molar-refractivity contribution in [3.8, 4) is 6.07 Å². The van der Waals surface area contributed by atoms with E-state index in [2.05, 4.69) is 5.32 Å². The minimum absolute atomic E-state index is 0.0588. The van der Waals surface area contributed by atoms with Gasteiger partial charge in [0.05, 0.1) is 23.6 Å². The molecule has 0 atom stereocenters. The van der Waals surface area contributed by atoms with E-state index >= 15 is 0 Å². The number of carboxylic acids is 1. The first-order valence-corrected chi connectivity index (χ1v) is 6.59. The third-order valence-electron chi connectivity index (χ3n) is 3.68. The molecule has 0 aliphatic heterocycles. The molecule has 104 valence electrons. The smallest absolute Gasteiger partial charge is 0.305 e. The van der Waals surface area contributed by atoms with Crippen molar-refractivity contribution in [1.29, 1.82) is 5.26 Å². The van der Waals surface area contributed by atoms with Crippen LogP contribution in [0.4, 0.5) is 0 Å². The van der Waals surface area contributed by atoms with E-state index < -0.39 is 11.5 Å². The van der Waals surface area contributed by atoms with E-state index in [9.17, 15) is 9.59 Å². The zero-order valence-electron chi connectivity index (χ0n) is 11.1. The number of carbonyl (C=O) groups excluding carboxylic acids is 1. The molecule has 2 rings (SSSR count). The lowest BCUT2D eigenvalue weighted by atomic mass is 9.92. The molecule has 0 saturated heterocycles. The van der Waals surface area contributed by atoms with Crippen molar-refractivity contribution in [2.45, 2.75) is 37.6 Å². The summed E-state index contributed by atoms with van der Waals surface area (Å²) < 4.78 is 0. The second kappa shape index (κ2) is 5.74. The van der Waals surface area contributed by atoms with Gasteiger partial charge in [0, 0.05) is 5.56 Å². The monoisotopic (exact) mass is 272 g/mol. The van der Waals surface area contributed by atoms with Gasteiger partial charge in [-0.3, -0.25) is 9.59 Å². The molecule has 1 aliphatic carbocycles. The molecule has 1 aromatic rings. The molecule has 5 nitrogen and oxygen atoms in total. The Balaban J connectivity index is 2.16. The first kappa shape index (κ1) is 14.1. The van der Waals surface area contributed by atoms with E-state index in [1.165, 1.54) is 6.07 Å². The van der Waals surface area contributed by atoms with Crippen LogP contribution >= 0.6 is 0 Å². The lowest BCUT2D eigenvalue weighted by Crippen LogP contribution is -2.47. The highest BCUT2D eigenvalue weighted by molar-refractivity contribution is 5.95. The lowest BCUT2D eigenvalue weighted by Gasteiger charge is -2.28. The molecule has 0 bridgehead atoms. The van der Waals surface area contributed by atoms with Crippen LogP contribution in [-0.4, -0.2) is 22.5 Å². The Morgan fingerprint density at radius 2 is 2.05 bits per heavy atom. The zero-order chi connectivity index (χ0) is 14.6. The van der Waals surface area contributed by atoms with Crippen LogP contribution in [0.25, 0.3) is 0 Å². The Labute approximate surface area is 117 Å². The maximum atomic E-state index is 12.2. The molecule has 0 heterocycles. The number of nitrogens with zero attached hydrogens (tertiary/aromatic N) is 1. The van der Waals surface area contributed by atoms with Gasteiger partial charge >= 0.3 is 5.97 Å². The van der Waals surface area contributed by atoms with Crippen molar-refractivity contribution in [3.05, 3.63) is 35.4 Å². The van der Waals surface area contributed by atoms with Gasteiger partial charge in [0.2, 0.25) is 0 Å². The van der Waals surface area contributed by atoms with Gasteiger partial charge in [-0.15, -0.1) is 0 Å². The molecular formula is C15H16N2O3. The van der Waals surface area contributed by atoms with Gasteiger partial charge in [-0.2, -0.15) is 5.26 Å². The number of carbonyl (C=O) groups is 2. The number of rotatable bonds is 4. The topological polar surface area (TPSA) is 90.2 Å². The van der Waals surface area contributed by atoms with Crippen LogP contribution in [0.1, 0.15) is 48.0 Å². The average Bonchev–Trinajstić information content (AvgIpc) is 2.86. The van der Waals surface area contributed by atoms with Crippen LogP contribution < -0.4 is 5.32 Å². The van der Waals surface area contributed by atoms with Crippen LogP contribution in [0, 0.1) is 11.3 Å². The maximum absolute atomic E-state index is 12.2. The van der Waals surface area contributed by atoms with E-state index in [1.807, 2.05) is 6.07 Å². The molecule has 1 amide bonds. The molecule has 0 radical (unpaired) electrons. The molecule has 0 aromatic heterocycles. The van der Waals surface area contributed by atoms with Gasteiger partial charge in [-0.1, -0.05) is 18.9 Å². The number of benzene rings is 1. The highest BCUT2D eigenvalue weighted by Crippen LogP contribution is 2.33. The predicted molar refractivity (Wildman–Crippen MR) is 72.1 cm³/mol. The minimum atomic E-state index is -0.905. The fourth-order valence-corrected chi connectivity index (χ4v) is 2.73. The third kappa shape index (κ3) is 3.15. The number of amides is 1. The summed E-state index contributed by atoms with van der Waals surface area (Å²) in [5.41, 5.74) is 0.156. The van der Waals surface area contributed by atoms with Crippen molar-refractivity contribution in [1.82, 2.24) is 5.32 Å². The van der Waals surface area contributed by atoms with Gasteiger partial charge in [-0.25, -0.2) is 0 Å². The quantitative estimate of drug-likeness (QED) is 0.878. The van der Waals surface area contributed by atoms with Crippen LogP contribution in [0.15, 0.2) is 24.3 Å². The molecule has 5 heteroatoms. The van der Waals surface area contributed by atoms with Gasteiger partial charge in [0.1, 0.15) is 0 Å². The van der Waals surface area contributed by atoms with Crippen LogP contribution in [0.5, 0.6) is 0 Å². The molecule has 1 fully saturated rings. The van der Waals surface area contributed by atoms with Crippen LogP contribution in [-0.2, 0) is 4.79 Å². The van der Waals surface area contributed by atoms with E-state index in [0.29, 0.717) is 24.0 Å². The summed E-state index contributed by atoms with van der Waals surface area (Å²) in [6.45, 7) is 0. The number of hydrogen-bond donors (Lipinski definition) is 2. The summed E-state index contributed by atoms with van der Waals surface area (Å²) in [7, 11) is 0. The molecule has 1 aromatic carbocycles. The SMILES string of the molecule is N#Cc1cccc(C(=O)NC2(CC(=O)O)CCCC2)c1. The Morgan fingerprint density at radius 1 is 1.35 bits per heavy atom. The zero-order valence-corrected chi connectivity index (χ0v) is 11.1. The molecule has 1 saturated carbocycles. The lowest BCUT2D eigenvalue weighted by molar-refractivity contribution is -0.138. The average molecular weight is 272 g/mol. The summed E-state index contributed by atoms with van der Waals surface area (Å²) in [5, 5.41) is 20.7. The van der Waals surface area contributed by atoms with Gasteiger partial charge in [-0.05, 0) is 31.0 Å². The Hall–Kier alpha value is -2.35. The standard InChI is InChI=1S/C15H16N2O3/c16-10-11-4-3-5-12(8-11)14(20)17-15(9-13(18)19)6-1-2-7-15/h3-5,8H,1-2,6-7,9H2,(H,17,20)(H,18,19). The number of carboxylic acid groups (broad SMARTS) is 1. The summed E-state index contributed by atoms with van der Waals surface area (Å²) >= 11 is 0. The van der Waals surface area contributed by atoms with Crippen molar-refractivity contribution in [3.63, 3.8) is 0 Å². The van der Waals surface area contributed by atoms with Crippen molar-refractivity contribution in [2.75, 3.05) is 0 Å². The number of aliphatic carboxylic acids is 1. The third-order valence-corrected chi connectivity index (χ3v) is 3.68. The number of nitriles is 1. The van der Waals surface area contributed by atoms with Crippen molar-refractivity contribution >= 4 is 11.9 Å². The van der Waals surface area contributed by atoms with Gasteiger partial charge in [0.25, 0.3) is 5.91 Å². The fourth-order valence-electron chi connectivity index (χ4n) is 2.73. The van der Waals surface area contributed by atoms with E-state index in [4.69, 9.17) is 10.4 Å². The van der Waals surface area contributed by atoms with E-state index in [0.717, 1.165) is 12.8 Å². The van der Waals surface area contributed by atoms with Crippen molar-refractivity contribution in [2.24, 2.45) is 0 Å². The van der Waals surface area contributed by atoms with Gasteiger partial charge in [0.15, 0.2) is 0 Å². The second-order valence-corrected chi connectivity index (χ2v) is 5.20. The van der Waals surface area contributed by atoms with E-state index in [1.54, 1.807) is 18.2 Å². The predicted octanol–water partition coefficient (Wildman–Crippen LogP) is 2.08. The Morgan fingerprint density at radius 3 is 2.65 bits per heavy atom. The van der Waals surface area contributed by atoms with Crippen LogP contribution in [0.3, 0.4) is 0 Å². The molecule has 2 N–H and O–H groups in total. The Bertz CT molecular complexity index is 569. The summed E-state index contributed by atoms with van der Waals surface area (Å²) in [5.74, 6) is -1.22. The molecule has 20 heavy (non-hydrogen) atoms. The first-order chi connectivity index (χ1) is 9.54.